The number of carboxylic acids is 1. The lowest BCUT2D eigenvalue weighted by Gasteiger charge is -2.18. The molecule has 106 valence electrons. The molecular formula is C14H16N2O4. The number of hydrogen-bond donors (Lipinski definition) is 1. The normalized spacial score (nSPS) is 12.3. The Morgan fingerprint density at radius 3 is 2.75 bits per heavy atom. The summed E-state index contributed by atoms with van der Waals surface area (Å²) in [6.45, 7) is 5.19. The molecule has 0 saturated carbocycles. The predicted molar refractivity (Wildman–Crippen MR) is 71.8 cm³/mol. The Balaban J connectivity index is 2.58. The van der Waals surface area contributed by atoms with Crippen LogP contribution in [-0.4, -0.2) is 20.6 Å². The molecule has 2 aromatic rings. The van der Waals surface area contributed by atoms with E-state index in [0.717, 1.165) is 0 Å². The van der Waals surface area contributed by atoms with Gasteiger partial charge in [-0.3, -0.25) is 9.36 Å². The zero-order chi connectivity index (χ0) is 14.9. The van der Waals surface area contributed by atoms with Gasteiger partial charge in [-0.15, -0.1) is 0 Å². The first-order chi connectivity index (χ1) is 9.41. The number of aromatic nitrogens is 2. The third-order valence-corrected chi connectivity index (χ3v) is 3.37. The summed E-state index contributed by atoms with van der Waals surface area (Å²) in [4.78, 5) is 27.0. The second-order valence-electron chi connectivity index (χ2n) is 4.68. The topological polar surface area (TPSA) is 85.3 Å². The van der Waals surface area contributed by atoms with E-state index in [-0.39, 0.29) is 12.5 Å². The number of aliphatic carboxylic acids is 1. The van der Waals surface area contributed by atoms with E-state index < -0.39 is 11.7 Å². The van der Waals surface area contributed by atoms with Crippen LogP contribution in [0.3, 0.4) is 0 Å². The molecule has 2 heterocycles. The summed E-state index contributed by atoms with van der Waals surface area (Å²) in [7, 11) is 0. The number of hydrogen-bond acceptors (Lipinski definition) is 4. The fourth-order valence-electron chi connectivity index (χ4n) is 2.33. The average Bonchev–Trinajstić information content (AvgIpc) is 2.87. The maximum Gasteiger partial charge on any atom is 0.348 e. The maximum atomic E-state index is 12.1. The molecule has 2 aromatic heterocycles. The Morgan fingerprint density at radius 2 is 2.20 bits per heavy atom. The van der Waals surface area contributed by atoms with Gasteiger partial charge in [0.15, 0.2) is 0 Å². The molecule has 1 N–H and O–H groups in total. The lowest BCUT2D eigenvalue weighted by molar-refractivity contribution is -0.136. The van der Waals surface area contributed by atoms with E-state index >= 15 is 0 Å². The number of furan rings is 1. The van der Waals surface area contributed by atoms with E-state index in [9.17, 15) is 9.59 Å². The van der Waals surface area contributed by atoms with Gasteiger partial charge in [-0.1, -0.05) is 0 Å². The van der Waals surface area contributed by atoms with Crippen LogP contribution in [0.15, 0.2) is 27.6 Å². The molecule has 6 heteroatoms. The molecule has 0 aliphatic carbocycles. The lowest BCUT2D eigenvalue weighted by atomic mass is 10.1. The van der Waals surface area contributed by atoms with Crippen LogP contribution in [0.25, 0.3) is 0 Å². The van der Waals surface area contributed by atoms with Gasteiger partial charge in [0.2, 0.25) is 0 Å². The molecule has 1 unspecified atom stereocenters. The highest BCUT2D eigenvalue weighted by Crippen LogP contribution is 2.20. The van der Waals surface area contributed by atoms with Crippen LogP contribution < -0.4 is 5.69 Å². The van der Waals surface area contributed by atoms with Crippen LogP contribution >= 0.6 is 0 Å². The number of aryl methyl sites for hydroxylation is 1. The van der Waals surface area contributed by atoms with Gasteiger partial charge in [0.1, 0.15) is 5.76 Å². The Bertz CT molecular complexity index is 686. The van der Waals surface area contributed by atoms with Crippen molar-refractivity contribution in [3.8, 4) is 0 Å². The largest absolute Gasteiger partial charge is 0.481 e. The smallest absolute Gasteiger partial charge is 0.348 e. The van der Waals surface area contributed by atoms with Gasteiger partial charge in [0, 0.05) is 17.0 Å². The highest BCUT2D eigenvalue weighted by atomic mass is 16.4. The monoisotopic (exact) mass is 276 g/mol. The van der Waals surface area contributed by atoms with Crippen LogP contribution in [0.2, 0.25) is 0 Å². The van der Waals surface area contributed by atoms with Crippen molar-refractivity contribution in [3.05, 3.63) is 51.6 Å². The molecule has 20 heavy (non-hydrogen) atoms. The molecule has 0 amide bonds. The van der Waals surface area contributed by atoms with Crippen molar-refractivity contribution < 1.29 is 14.3 Å². The highest BCUT2D eigenvalue weighted by Gasteiger charge is 2.19. The molecule has 0 radical (unpaired) electrons. The molecule has 0 aromatic carbocycles. The van der Waals surface area contributed by atoms with E-state index in [2.05, 4.69) is 4.98 Å². The zero-order valence-electron chi connectivity index (χ0n) is 11.6. The number of nitrogens with zero attached hydrogens (tertiary/aromatic N) is 2. The van der Waals surface area contributed by atoms with Gasteiger partial charge in [0.25, 0.3) is 0 Å². The first kappa shape index (κ1) is 14.0. The van der Waals surface area contributed by atoms with Crippen LogP contribution in [0.5, 0.6) is 0 Å². The molecule has 2 rings (SSSR count). The van der Waals surface area contributed by atoms with Gasteiger partial charge in [-0.25, -0.2) is 4.79 Å². The quantitative estimate of drug-likeness (QED) is 0.918. The molecule has 1 atom stereocenters. The third-order valence-electron chi connectivity index (χ3n) is 3.37. The van der Waals surface area contributed by atoms with Crippen molar-refractivity contribution in [2.45, 2.75) is 33.2 Å². The number of carboxylic acid groups (broad SMARTS) is 1. The van der Waals surface area contributed by atoms with Crippen LogP contribution in [-0.2, 0) is 11.2 Å². The Labute approximate surface area is 115 Å². The van der Waals surface area contributed by atoms with Gasteiger partial charge in [-0.2, -0.15) is 4.98 Å². The van der Waals surface area contributed by atoms with Gasteiger partial charge >= 0.3 is 11.7 Å². The molecule has 6 nitrogen and oxygen atoms in total. The SMILES string of the molecule is Cc1nc(=O)n(C(C)c2ccco2)c(C)c1CC(=O)O. The predicted octanol–water partition coefficient (Wildman–Crippen LogP) is 1.69. The van der Waals surface area contributed by atoms with E-state index in [1.807, 2.05) is 6.92 Å². The fourth-order valence-corrected chi connectivity index (χ4v) is 2.33. The molecular weight excluding hydrogens is 260 g/mol. The molecule has 0 saturated heterocycles. The van der Waals surface area contributed by atoms with E-state index in [4.69, 9.17) is 9.52 Å². The lowest BCUT2D eigenvalue weighted by Crippen LogP contribution is -2.31. The summed E-state index contributed by atoms with van der Waals surface area (Å²) in [5, 5.41) is 8.96. The zero-order valence-corrected chi connectivity index (χ0v) is 11.6. The van der Waals surface area contributed by atoms with Crippen molar-refractivity contribution in [2.75, 3.05) is 0 Å². The highest BCUT2D eigenvalue weighted by molar-refractivity contribution is 5.70. The fraction of sp³-hybridized carbons (Fsp3) is 0.357. The third kappa shape index (κ3) is 2.49. The standard InChI is InChI=1S/C14H16N2O4/c1-8-11(7-13(17)18)9(2)16(14(19)15-8)10(3)12-5-4-6-20-12/h4-6,10H,7H2,1-3H3,(H,17,18). The molecule has 0 aliphatic rings. The van der Waals surface area contributed by atoms with Crippen LogP contribution in [0, 0.1) is 13.8 Å². The summed E-state index contributed by atoms with van der Waals surface area (Å²) >= 11 is 0. The van der Waals surface area contributed by atoms with Crippen molar-refractivity contribution in [1.29, 1.82) is 0 Å². The minimum absolute atomic E-state index is 0.157. The Hall–Kier alpha value is -2.37. The summed E-state index contributed by atoms with van der Waals surface area (Å²) in [5.41, 5.74) is 1.22. The van der Waals surface area contributed by atoms with E-state index in [1.54, 1.807) is 26.0 Å². The Kier molecular flexibility index (Phi) is 3.74. The first-order valence-corrected chi connectivity index (χ1v) is 6.25. The summed E-state index contributed by atoms with van der Waals surface area (Å²) in [5.74, 6) is -0.323. The minimum atomic E-state index is -0.950. The summed E-state index contributed by atoms with van der Waals surface area (Å²) in [6, 6.07) is 3.18. The van der Waals surface area contributed by atoms with Crippen LogP contribution in [0.4, 0.5) is 0 Å². The van der Waals surface area contributed by atoms with Crippen molar-refractivity contribution in [1.82, 2.24) is 9.55 Å². The molecule has 0 spiro atoms. The molecule has 0 bridgehead atoms. The number of rotatable bonds is 4. The van der Waals surface area contributed by atoms with Crippen molar-refractivity contribution >= 4 is 5.97 Å². The van der Waals surface area contributed by atoms with Crippen molar-refractivity contribution in [2.24, 2.45) is 0 Å². The molecule has 0 fully saturated rings. The van der Waals surface area contributed by atoms with Crippen molar-refractivity contribution in [3.63, 3.8) is 0 Å². The summed E-state index contributed by atoms with van der Waals surface area (Å²) < 4.78 is 6.77. The van der Waals surface area contributed by atoms with Crippen LogP contribution in [0.1, 0.15) is 35.7 Å². The van der Waals surface area contributed by atoms with E-state index in [0.29, 0.717) is 22.7 Å². The van der Waals surface area contributed by atoms with Gasteiger partial charge in [0.05, 0.1) is 18.7 Å². The molecule has 0 aliphatic heterocycles. The first-order valence-electron chi connectivity index (χ1n) is 6.25. The Morgan fingerprint density at radius 1 is 1.50 bits per heavy atom. The maximum absolute atomic E-state index is 12.1. The second-order valence-corrected chi connectivity index (χ2v) is 4.68. The number of carbonyl (C=O) groups is 1. The van der Waals surface area contributed by atoms with Gasteiger partial charge in [-0.05, 0) is 32.9 Å². The second kappa shape index (κ2) is 5.32. The summed E-state index contributed by atoms with van der Waals surface area (Å²) in [6.07, 6.45) is 1.38. The minimum Gasteiger partial charge on any atom is -0.481 e. The average molecular weight is 276 g/mol. The van der Waals surface area contributed by atoms with E-state index in [1.165, 1.54) is 10.8 Å². The van der Waals surface area contributed by atoms with Gasteiger partial charge < -0.3 is 9.52 Å².